The van der Waals surface area contributed by atoms with E-state index >= 15 is 0 Å². The first-order valence-electron chi connectivity index (χ1n) is 6.03. The van der Waals surface area contributed by atoms with Crippen molar-refractivity contribution in [1.82, 2.24) is 4.90 Å². The number of amides is 1. The van der Waals surface area contributed by atoms with Gasteiger partial charge in [0.1, 0.15) is 0 Å². The molecule has 0 bridgehead atoms. The Labute approximate surface area is 127 Å². The SMILES string of the molecule is CN(CCCC(=O)O)CC(=O)Nc1ccc(Cl)c(Cl)c1. The summed E-state index contributed by atoms with van der Waals surface area (Å²) in [4.78, 5) is 23.9. The highest BCUT2D eigenvalue weighted by Crippen LogP contribution is 2.24. The highest BCUT2D eigenvalue weighted by molar-refractivity contribution is 6.42. The summed E-state index contributed by atoms with van der Waals surface area (Å²) in [6, 6.07) is 4.85. The molecule has 1 aromatic carbocycles. The summed E-state index contributed by atoms with van der Waals surface area (Å²) in [5.41, 5.74) is 0.573. The molecule has 110 valence electrons. The number of anilines is 1. The number of carbonyl (C=O) groups excluding carboxylic acids is 1. The molecule has 0 saturated heterocycles. The highest BCUT2D eigenvalue weighted by atomic mass is 35.5. The van der Waals surface area contributed by atoms with E-state index < -0.39 is 5.97 Å². The molecule has 5 nitrogen and oxygen atoms in total. The lowest BCUT2D eigenvalue weighted by atomic mass is 10.3. The van der Waals surface area contributed by atoms with Gasteiger partial charge in [0.25, 0.3) is 0 Å². The van der Waals surface area contributed by atoms with Crippen molar-refractivity contribution < 1.29 is 14.7 Å². The molecule has 0 aliphatic rings. The lowest BCUT2D eigenvalue weighted by Gasteiger charge is -2.15. The molecule has 0 aromatic heterocycles. The van der Waals surface area contributed by atoms with Gasteiger partial charge < -0.3 is 10.4 Å². The zero-order valence-electron chi connectivity index (χ0n) is 11.0. The summed E-state index contributed by atoms with van der Waals surface area (Å²) >= 11 is 11.6. The first-order valence-corrected chi connectivity index (χ1v) is 6.79. The molecular weight excluding hydrogens is 303 g/mol. The number of nitrogens with one attached hydrogen (secondary N) is 1. The monoisotopic (exact) mass is 318 g/mol. The second kappa shape index (κ2) is 8.09. The highest BCUT2D eigenvalue weighted by Gasteiger charge is 2.08. The Morgan fingerprint density at radius 3 is 2.60 bits per heavy atom. The topological polar surface area (TPSA) is 69.6 Å². The minimum Gasteiger partial charge on any atom is -0.481 e. The summed E-state index contributed by atoms with van der Waals surface area (Å²) in [5, 5.41) is 12.0. The predicted molar refractivity (Wildman–Crippen MR) is 79.5 cm³/mol. The third kappa shape index (κ3) is 6.23. The van der Waals surface area contributed by atoms with Crippen LogP contribution in [0.25, 0.3) is 0 Å². The molecule has 1 amide bonds. The van der Waals surface area contributed by atoms with Crippen LogP contribution < -0.4 is 5.32 Å². The Bertz CT molecular complexity index is 495. The van der Waals surface area contributed by atoms with Crippen molar-refractivity contribution >= 4 is 40.8 Å². The summed E-state index contributed by atoms with van der Waals surface area (Å²) in [7, 11) is 1.76. The predicted octanol–water partition coefficient (Wildman–Crippen LogP) is 2.73. The van der Waals surface area contributed by atoms with Crippen LogP contribution in [-0.2, 0) is 9.59 Å². The summed E-state index contributed by atoms with van der Waals surface area (Å²) in [5.74, 6) is -1.03. The van der Waals surface area contributed by atoms with E-state index in [4.69, 9.17) is 28.3 Å². The van der Waals surface area contributed by atoms with Gasteiger partial charge in [-0.2, -0.15) is 0 Å². The molecular formula is C13H16Cl2N2O3. The molecule has 0 unspecified atom stereocenters. The van der Waals surface area contributed by atoms with Crippen LogP contribution in [0.4, 0.5) is 5.69 Å². The first kappa shape index (κ1) is 16.8. The molecule has 0 saturated carbocycles. The maximum Gasteiger partial charge on any atom is 0.303 e. The number of benzene rings is 1. The van der Waals surface area contributed by atoms with E-state index in [1.165, 1.54) is 0 Å². The van der Waals surface area contributed by atoms with Crippen molar-refractivity contribution in [3.8, 4) is 0 Å². The van der Waals surface area contributed by atoms with Crippen LogP contribution >= 0.6 is 23.2 Å². The molecule has 0 spiro atoms. The molecule has 0 aliphatic heterocycles. The second-order valence-electron chi connectivity index (χ2n) is 4.41. The standard InChI is InChI=1S/C13H16Cl2N2O3/c1-17(6-2-3-13(19)20)8-12(18)16-9-4-5-10(14)11(15)7-9/h4-5,7H,2-3,6,8H2,1H3,(H,16,18)(H,19,20). The molecule has 20 heavy (non-hydrogen) atoms. The fraction of sp³-hybridized carbons (Fsp3) is 0.385. The first-order chi connectivity index (χ1) is 9.38. The van der Waals surface area contributed by atoms with E-state index in [0.717, 1.165) is 0 Å². The molecule has 0 fully saturated rings. The molecule has 1 aromatic rings. The van der Waals surface area contributed by atoms with Crippen LogP contribution in [-0.4, -0.2) is 42.0 Å². The molecule has 2 N–H and O–H groups in total. The Morgan fingerprint density at radius 2 is 2.00 bits per heavy atom. The van der Waals surface area contributed by atoms with Crippen molar-refractivity contribution in [3.63, 3.8) is 0 Å². The van der Waals surface area contributed by atoms with Crippen LogP contribution in [0.5, 0.6) is 0 Å². The number of hydrogen-bond donors (Lipinski definition) is 2. The Hall–Kier alpha value is -1.30. The minimum absolute atomic E-state index is 0.0960. The molecule has 7 heteroatoms. The van der Waals surface area contributed by atoms with E-state index in [1.54, 1.807) is 30.1 Å². The van der Waals surface area contributed by atoms with Crippen molar-refractivity contribution in [2.24, 2.45) is 0 Å². The van der Waals surface area contributed by atoms with Gasteiger partial charge in [-0.3, -0.25) is 14.5 Å². The lowest BCUT2D eigenvalue weighted by molar-refractivity contribution is -0.137. The van der Waals surface area contributed by atoms with Crippen LogP contribution in [0.1, 0.15) is 12.8 Å². The van der Waals surface area contributed by atoms with Crippen molar-refractivity contribution in [1.29, 1.82) is 0 Å². The van der Waals surface area contributed by atoms with Crippen LogP contribution in [0.3, 0.4) is 0 Å². The fourth-order valence-corrected chi connectivity index (χ4v) is 1.90. The maximum absolute atomic E-state index is 11.8. The third-order valence-electron chi connectivity index (χ3n) is 2.55. The quantitative estimate of drug-likeness (QED) is 0.811. The van der Waals surface area contributed by atoms with Crippen molar-refractivity contribution in [3.05, 3.63) is 28.2 Å². The molecule has 0 aliphatic carbocycles. The number of hydrogen-bond acceptors (Lipinski definition) is 3. The number of carboxylic acids is 1. The average Bonchev–Trinajstić information content (AvgIpc) is 2.33. The summed E-state index contributed by atoms with van der Waals surface area (Å²) in [6.45, 7) is 0.723. The normalized spacial score (nSPS) is 10.6. The van der Waals surface area contributed by atoms with Gasteiger partial charge >= 0.3 is 5.97 Å². The maximum atomic E-state index is 11.8. The van der Waals surface area contributed by atoms with Crippen LogP contribution in [0.2, 0.25) is 10.0 Å². The smallest absolute Gasteiger partial charge is 0.303 e. The van der Waals surface area contributed by atoms with E-state index in [9.17, 15) is 9.59 Å². The third-order valence-corrected chi connectivity index (χ3v) is 3.29. The second-order valence-corrected chi connectivity index (χ2v) is 5.23. The van der Waals surface area contributed by atoms with Crippen LogP contribution in [0, 0.1) is 0 Å². The van der Waals surface area contributed by atoms with E-state index in [-0.39, 0.29) is 18.9 Å². The molecule has 0 radical (unpaired) electrons. The van der Waals surface area contributed by atoms with Gasteiger partial charge in [-0.1, -0.05) is 23.2 Å². The van der Waals surface area contributed by atoms with Gasteiger partial charge in [-0.25, -0.2) is 0 Å². The molecule has 0 heterocycles. The number of likely N-dealkylation sites (N-methyl/N-ethyl adjacent to an activating group) is 1. The summed E-state index contributed by atoms with van der Waals surface area (Å²) in [6.07, 6.45) is 0.602. The van der Waals surface area contributed by atoms with Crippen molar-refractivity contribution in [2.45, 2.75) is 12.8 Å². The molecule has 1 rings (SSSR count). The number of carboxylic acid groups (broad SMARTS) is 1. The zero-order chi connectivity index (χ0) is 15.1. The van der Waals surface area contributed by atoms with Gasteiger partial charge in [-0.05, 0) is 38.2 Å². The van der Waals surface area contributed by atoms with E-state index in [2.05, 4.69) is 5.32 Å². The Morgan fingerprint density at radius 1 is 1.30 bits per heavy atom. The Kier molecular flexibility index (Phi) is 6.78. The lowest BCUT2D eigenvalue weighted by Crippen LogP contribution is -2.31. The number of carbonyl (C=O) groups is 2. The van der Waals surface area contributed by atoms with Crippen LogP contribution in [0.15, 0.2) is 18.2 Å². The van der Waals surface area contributed by atoms with Gasteiger partial charge in [0.15, 0.2) is 0 Å². The van der Waals surface area contributed by atoms with Gasteiger partial charge in [0, 0.05) is 12.1 Å². The van der Waals surface area contributed by atoms with Gasteiger partial charge in [-0.15, -0.1) is 0 Å². The molecule has 0 atom stereocenters. The number of nitrogens with zero attached hydrogens (tertiary/aromatic N) is 1. The number of halogens is 2. The van der Waals surface area contributed by atoms with E-state index in [0.29, 0.717) is 28.7 Å². The Balaban J connectivity index is 2.38. The average molecular weight is 319 g/mol. The van der Waals surface area contributed by atoms with Crippen molar-refractivity contribution in [2.75, 3.05) is 25.5 Å². The van der Waals surface area contributed by atoms with Gasteiger partial charge in [0.05, 0.1) is 16.6 Å². The summed E-state index contributed by atoms with van der Waals surface area (Å²) < 4.78 is 0. The number of rotatable bonds is 7. The van der Waals surface area contributed by atoms with Gasteiger partial charge in [0.2, 0.25) is 5.91 Å². The fourth-order valence-electron chi connectivity index (χ4n) is 1.60. The van der Waals surface area contributed by atoms with E-state index in [1.807, 2.05) is 0 Å². The number of aliphatic carboxylic acids is 1. The largest absolute Gasteiger partial charge is 0.481 e. The minimum atomic E-state index is -0.835. The zero-order valence-corrected chi connectivity index (χ0v) is 12.5.